The number of ether oxygens (including phenoxy) is 1. The van der Waals surface area contributed by atoms with E-state index in [0.29, 0.717) is 5.75 Å². The number of benzene rings is 1. The maximum Gasteiger partial charge on any atom is 0.121 e. The van der Waals surface area contributed by atoms with Crippen molar-refractivity contribution in [3.05, 3.63) is 29.3 Å². The van der Waals surface area contributed by atoms with Crippen molar-refractivity contribution in [1.82, 2.24) is 0 Å². The third kappa shape index (κ3) is 3.22. The number of phenols is 1. The lowest BCUT2D eigenvalue weighted by atomic mass is 9.87. The molecule has 1 heterocycles. The molecule has 1 fully saturated rings. The second-order valence-corrected chi connectivity index (χ2v) is 6.13. The molecule has 0 aliphatic carbocycles. The lowest BCUT2D eigenvalue weighted by Crippen LogP contribution is -2.09. The van der Waals surface area contributed by atoms with Gasteiger partial charge in [0.25, 0.3) is 0 Å². The van der Waals surface area contributed by atoms with E-state index in [1.165, 1.54) is 5.56 Å². The van der Waals surface area contributed by atoms with E-state index < -0.39 is 0 Å². The second-order valence-electron chi connectivity index (χ2n) is 6.13. The molecule has 0 spiro atoms. The average molecular weight is 234 g/mol. The molecule has 1 aliphatic rings. The molecular formula is C15H22O2. The number of hydrogen-bond donors (Lipinski definition) is 1. The topological polar surface area (TPSA) is 29.5 Å². The molecule has 0 radical (unpaired) electrons. The van der Waals surface area contributed by atoms with Gasteiger partial charge in [-0.05, 0) is 42.4 Å². The zero-order chi connectivity index (χ0) is 12.5. The van der Waals surface area contributed by atoms with Crippen LogP contribution >= 0.6 is 0 Å². The molecule has 1 aliphatic heterocycles. The minimum Gasteiger partial charge on any atom is -0.508 e. The molecule has 1 atom stereocenters. The van der Waals surface area contributed by atoms with Gasteiger partial charge in [-0.1, -0.05) is 26.8 Å². The predicted octanol–water partition coefficient (Wildman–Crippen LogP) is 3.83. The summed E-state index contributed by atoms with van der Waals surface area (Å²) in [6, 6.07) is 5.92. The van der Waals surface area contributed by atoms with Gasteiger partial charge in [-0.25, -0.2) is 0 Å². The van der Waals surface area contributed by atoms with E-state index in [4.69, 9.17) is 4.74 Å². The van der Waals surface area contributed by atoms with Crippen molar-refractivity contribution >= 4 is 0 Å². The van der Waals surface area contributed by atoms with Gasteiger partial charge in [0, 0.05) is 12.2 Å². The molecule has 94 valence electrons. The fraction of sp³-hybridized carbons (Fsp3) is 0.600. The summed E-state index contributed by atoms with van der Waals surface area (Å²) >= 11 is 0. The highest BCUT2D eigenvalue weighted by Gasteiger charge is 2.21. The summed E-state index contributed by atoms with van der Waals surface area (Å²) in [5.74, 6) is 0.370. The maximum absolute atomic E-state index is 9.91. The molecule has 1 saturated heterocycles. The highest BCUT2D eigenvalue weighted by molar-refractivity contribution is 5.38. The molecule has 0 saturated carbocycles. The minimum atomic E-state index is 0.0925. The standard InChI is InChI=1S/C15H22O2/c1-15(2,3)10-11-6-7-13(16)12(9-11)14-5-4-8-17-14/h6-7,9,14,16H,4-5,8,10H2,1-3H3. The Labute approximate surface area is 104 Å². The van der Waals surface area contributed by atoms with Crippen LogP contribution < -0.4 is 0 Å². The van der Waals surface area contributed by atoms with Gasteiger partial charge < -0.3 is 9.84 Å². The zero-order valence-electron chi connectivity index (χ0n) is 11.0. The summed E-state index contributed by atoms with van der Waals surface area (Å²) in [5.41, 5.74) is 2.51. The third-order valence-corrected chi connectivity index (χ3v) is 3.10. The van der Waals surface area contributed by atoms with Crippen molar-refractivity contribution in [2.45, 2.75) is 46.1 Å². The number of rotatable bonds is 2. The number of aromatic hydroxyl groups is 1. The monoisotopic (exact) mass is 234 g/mol. The first kappa shape index (κ1) is 12.4. The largest absolute Gasteiger partial charge is 0.508 e. The molecule has 2 rings (SSSR count). The summed E-state index contributed by atoms with van der Waals surface area (Å²) in [6.07, 6.45) is 3.22. The highest BCUT2D eigenvalue weighted by Crippen LogP contribution is 2.35. The van der Waals surface area contributed by atoms with Crippen molar-refractivity contribution in [1.29, 1.82) is 0 Å². The van der Waals surface area contributed by atoms with Gasteiger partial charge in [0.2, 0.25) is 0 Å². The summed E-state index contributed by atoms with van der Waals surface area (Å²) < 4.78 is 5.64. The fourth-order valence-electron chi connectivity index (χ4n) is 2.41. The Morgan fingerprint density at radius 1 is 1.35 bits per heavy atom. The van der Waals surface area contributed by atoms with E-state index in [1.54, 1.807) is 6.07 Å². The first-order chi connectivity index (χ1) is 7.96. The van der Waals surface area contributed by atoms with Crippen molar-refractivity contribution in [3.8, 4) is 5.75 Å². The Morgan fingerprint density at radius 2 is 2.12 bits per heavy atom. The van der Waals surface area contributed by atoms with Gasteiger partial charge in [0.1, 0.15) is 5.75 Å². The zero-order valence-corrected chi connectivity index (χ0v) is 11.0. The quantitative estimate of drug-likeness (QED) is 0.842. The Hall–Kier alpha value is -1.02. The fourth-order valence-corrected chi connectivity index (χ4v) is 2.41. The summed E-state index contributed by atoms with van der Waals surface area (Å²) in [5, 5.41) is 9.91. The molecule has 0 aromatic heterocycles. The van der Waals surface area contributed by atoms with Crippen LogP contribution in [0.1, 0.15) is 50.8 Å². The smallest absolute Gasteiger partial charge is 0.121 e. The molecule has 2 nitrogen and oxygen atoms in total. The Balaban J connectivity index is 2.22. The minimum absolute atomic E-state index is 0.0925. The predicted molar refractivity (Wildman–Crippen MR) is 69.2 cm³/mol. The van der Waals surface area contributed by atoms with Gasteiger partial charge in [0.05, 0.1) is 6.10 Å². The van der Waals surface area contributed by atoms with Gasteiger partial charge in [-0.2, -0.15) is 0 Å². The molecule has 17 heavy (non-hydrogen) atoms. The van der Waals surface area contributed by atoms with Crippen molar-refractivity contribution in [2.24, 2.45) is 5.41 Å². The van der Waals surface area contributed by atoms with E-state index in [-0.39, 0.29) is 11.5 Å². The molecule has 0 amide bonds. The normalized spacial score (nSPS) is 20.8. The van der Waals surface area contributed by atoms with E-state index >= 15 is 0 Å². The lowest BCUT2D eigenvalue weighted by Gasteiger charge is -2.20. The van der Waals surface area contributed by atoms with Crippen LogP contribution in [-0.4, -0.2) is 11.7 Å². The van der Waals surface area contributed by atoms with Crippen LogP contribution in [0.2, 0.25) is 0 Å². The van der Waals surface area contributed by atoms with Crippen LogP contribution in [0, 0.1) is 5.41 Å². The van der Waals surface area contributed by atoms with Crippen LogP contribution in [-0.2, 0) is 11.2 Å². The van der Waals surface area contributed by atoms with E-state index in [1.807, 2.05) is 6.07 Å². The van der Waals surface area contributed by atoms with E-state index in [0.717, 1.165) is 31.4 Å². The Bertz CT molecular complexity index is 384. The van der Waals surface area contributed by atoms with Gasteiger partial charge in [-0.15, -0.1) is 0 Å². The van der Waals surface area contributed by atoms with Crippen LogP contribution in [0.15, 0.2) is 18.2 Å². The Morgan fingerprint density at radius 3 is 2.71 bits per heavy atom. The van der Waals surface area contributed by atoms with E-state index in [9.17, 15) is 5.11 Å². The molecule has 1 aromatic carbocycles. The highest BCUT2D eigenvalue weighted by atomic mass is 16.5. The van der Waals surface area contributed by atoms with Gasteiger partial charge >= 0.3 is 0 Å². The van der Waals surface area contributed by atoms with Crippen molar-refractivity contribution in [2.75, 3.05) is 6.61 Å². The first-order valence-electron chi connectivity index (χ1n) is 6.39. The van der Waals surface area contributed by atoms with Crippen molar-refractivity contribution < 1.29 is 9.84 Å². The maximum atomic E-state index is 9.91. The number of hydrogen-bond acceptors (Lipinski definition) is 2. The average Bonchev–Trinajstić information content (AvgIpc) is 2.72. The SMILES string of the molecule is CC(C)(C)Cc1ccc(O)c(C2CCCO2)c1. The van der Waals surface area contributed by atoms with Gasteiger partial charge in [0.15, 0.2) is 0 Å². The summed E-state index contributed by atoms with van der Waals surface area (Å²) in [7, 11) is 0. The van der Waals surface area contributed by atoms with Crippen LogP contribution in [0.4, 0.5) is 0 Å². The summed E-state index contributed by atoms with van der Waals surface area (Å²) in [4.78, 5) is 0. The van der Waals surface area contributed by atoms with Crippen molar-refractivity contribution in [3.63, 3.8) is 0 Å². The molecular weight excluding hydrogens is 212 g/mol. The third-order valence-electron chi connectivity index (χ3n) is 3.10. The molecule has 1 unspecified atom stereocenters. The Kier molecular flexibility index (Phi) is 3.43. The van der Waals surface area contributed by atoms with Crippen LogP contribution in [0.5, 0.6) is 5.75 Å². The van der Waals surface area contributed by atoms with E-state index in [2.05, 4.69) is 26.8 Å². The summed E-state index contributed by atoms with van der Waals surface area (Å²) in [6.45, 7) is 7.50. The molecule has 1 N–H and O–H groups in total. The van der Waals surface area contributed by atoms with Crippen LogP contribution in [0.25, 0.3) is 0 Å². The molecule has 0 bridgehead atoms. The van der Waals surface area contributed by atoms with Crippen LogP contribution in [0.3, 0.4) is 0 Å². The second kappa shape index (κ2) is 4.69. The molecule has 1 aromatic rings. The van der Waals surface area contributed by atoms with Gasteiger partial charge in [-0.3, -0.25) is 0 Å². The lowest BCUT2D eigenvalue weighted by molar-refractivity contribution is 0.109. The first-order valence-corrected chi connectivity index (χ1v) is 6.39. The molecule has 2 heteroatoms. The number of phenolic OH excluding ortho intramolecular Hbond substituents is 1.